The van der Waals surface area contributed by atoms with Crippen molar-refractivity contribution < 1.29 is 9.59 Å². The summed E-state index contributed by atoms with van der Waals surface area (Å²) >= 11 is 1.38. The lowest BCUT2D eigenvalue weighted by atomic mass is 9.81. The minimum absolute atomic E-state index is 0.0410. The zero-order valence-electron chi connectivity index (χ0n) is 15.7. The van der Waals surface area contributed by atoms with Gasteiger partial charge in [-0.2, -0.15) is 0 Å². The van der Waals surface area contributed by atoms with E-state index in [4.69, 9.17) is 0 Å². The fourth-order valence-corrected chi connectivity index (χ4v) is 6.25. The third-order valence-corrected chi connectivity index (χ3v) is 7.29. The molecule has 2 amide bonds. The summed E-state index contributed by atoms with van der Waals surface area (Å²) in [5, 5.41) is 2.46. The lowest BCUT2D eigenvalue weighted by molar-refractivity contribution is -0.123. The topological polar surface area (TPSA) is 50.3 Å². The minimum atomic E-state index is -0.173. The summed E-state index contributed by atoms with van der Waals surface area (Å²) < 4.78 is 0. The predicted molar refractivity (Wildman–Crippen MR) is 106 cm³/mol. The number of nitrogens with zero attached hydrogens (tertiary/aromatic N) is 2. The molecule has 0 unspecified atom stereocenters. The van der Waals surface area contributed by atoms with E-state index in [1.54, 1.807) is 0 Å². The molecule has 0 radical (unpaired) electrons. The monoisotopic (exact) mass is 378 g/mol. The van der Waals surface area contributed by atoms with Crippen LogP contribution in [0.15, 0.2) is 40.8 Å². The smallest absolute Gasteiger partial charge is 0.240 e. The minimum Gasteiger partial charge on any atom is -0.274 e. The highest BCUT2D eigenvalue weighted by molar-refractivity contribution is 7.14. The van der Waals surface area contributed by atoms with E-state index >= 15 is 0 Å². The number of fused-ring (bicyclic) bond motifs is 5. The molecule has 2 saturated carbocycles. The Kier molecular flexibility index (Phi) is 3.66. The average molecular weight is 378 g/mol. The summed E-state index contributed by atoms with van der Waals surface area (Å²) in [4.78, 5) is 32.4. The number of aromatic nitrogens is 1. The molecule has 2 heterocycles. The number of rotatable bonds is 2. The number of benzene rings is 1. The van der Waals surface area contributed by atoms with Gasteiger partial charge in [0.2, 0.25) is 11.8 Å². The predicted octanol–water partition coefficient (Wildman–Crippen LogP) is 4.60. The number of allylic oxidation sites excluding steroid dienone is 2. The molecule has 4 atom stereocenters. The average Bonchev–Trinajstić information content (AvgIpc) is 3.38. The first-order chi connectivity index (χ1) is 13.0. The number of carbonyl (C=O) groups is 2. The first kappa shape index (κ1) is 16.9. The van der Waals surface area contributed by atoms with Crippen LogP contribution in [0.4, 0.5) is 5.13 Å². The number of aryl methyl sites for hydroxylation is 1. The molecule has 1 aromatic carbocycles. The molecule has 3 aliphatic rings. The van der Waals surface area contributed by atoms with E-state index in [0.717, 1.165) is 24.1 Å². The first-order valence-corrected chi connectivity index (χ1v) is 10.4. The van der Waals surface area contributed by atoms with Gasteiger partial charge in [-0.3, -0.25) is 9.59 Å². The maximum absolute atomic E-state index is 13.2. The summed E-state index contributed by atoms with van der Waals surface area (Å²) in [6.07, 6.45) is 2.07. The van der Waals surface area contributed by atoms with E-state index in [1.807, 2.05) is 36.6 Å². The largest absolute Gasteiger partial charge is 0.274 e. The van der Waals surface area contributed by atoms with Crippen molar-refractivity contribution >= 4 is 28.3 Å². The van der Waals surface area contributed by atoms with Crippen molar-refractivity contribution in [2.24, 2.45) is 23.7 Å². The van der Waals surface area contributed by atoms with E-state index in [0.29, 0.717) is 5.13 Å². The van der Waals surface area contributed by atoms with Crippen LogP contribution in [0, 0.1) is 30.6 Å². The van der Waals surface area contributed by atoms with E-state index in [1.165, 1.54) is 32.9 Å². The molecule has 5 rings (SSSR count). The van der Waals surface area contributed by atoms with Crippen molar-refractivity contribution in [1.29, 1.82) is 0 Å². The number of amides is 2. The zero-order chi connectivity index (χ0) is 18.9. The highest BCUT2D eigenvalue weighted by Gasteiger charge is 2.64. The maximum Gasteiger partial charge on any atom is 0.240 e. The molecule has 2 bridgehead atoms. The lowest BCUT2D eigenvalue weighted by Crippen LogP contribution is -2.33. The number of carbonyl (C=O) groups excluding carboxylic acids is 2. The Bertz CT molecular complexity index is 952. The Labute approximate surface area is 162 Å². The lowest BCUT2D eigenvalue weighted by Gasteiger charge is -2.18. The van der Waals surface area contributed by atoms with Crippen molar-refractivity contribution in [3.05, 3.63) is 46.4 Å². The number of anilines is 1. The summed E-state index contributed by atoms with van der Waals surface area (Å²) in [5.74, 6) is 0.0771. The van der Waals surface area contributed by atoms with Gasteiger partial charge in [-0.15, -0.1) is 11.3 Å². The molecule has 27 heavy (non-hydrogen) atoms. The van der Waals surface area contributed by atoms with Gasteiger partial charge in [0.25, 0.3) is 0 Å². The summed E-state index contributed by atoms with van der Waals surface area (Å²) in [6, 6.07) is 8.14. The van der Waals surface area contributed by atoms with Gasteiger partial charge in [0.1, 0.15) is 0 Å². The van der Waals surface area contributed by atoms with Crippen LogP contribution in [0.3, 0.4) is 0 Å². The number of imide groups is 1. The van der Waals surface area contributed by atoms with Crippen LogP contribution in [-0.4, -0.2) is 16.8 Å². The highest BCUT2D eigenvalue weighted by atomic mass is 32.1. The Hall–Kier alpha value is -2.27. The molecule has 4 nitrogen and oxygen atoms in total. The third kappa shape index (κ3) is 2.30. The second kappa shape index (κ2) is 5.86. The van der Waals surface area contributed by atoms with Gasteiger partial charge >= 0.3 is 0 Å². The Balaban J connectivity index is 1.49. The molecule has 5 heteroatoms. The van der Waals surface area contributed by atoms with Gasteiger partial charge in [0.05, 0.1) is 17.5 Å². The van der Waals surface area contributed by atoms with Crippen LogP contribution in [0.1, 0.15) is 32.3 Å². The van der Waals surface area contributed by atoms with Crippen LogP contribution >= 0.6 is 11.3 Å². The molecule has 2 aliphatic carbocycles. The van der Waals surface area contributed by atoms with Crippen LogP contribution in [0.5, 0.6) is 0 Å². The van der Waals surface area contributed by atoms with Crippen LogP contribution in [-0.2, 0) is 9.59 Å². The van der Waals surface area contributed by atoms with Gasteiger partial charge in [-0.05, 0) is 45.4 Å². The molecule has 0 spiro atoms. The van der Waals surface area contributed by atoms with Crippen molar-refractivity contribution in [3.63, 3.8) is 0 Å². The molecule has 0 N–H and O–H groups in total. The summed E-state index contributed by atoms with van der Waals surface area (Å²) in [5.41, 5.74) is 5.69. The molecule has 138 valence electrons. The number of thiazole rings is 1. The second-order valence-corrected chi connectivity index (χ2v) is 9.03. The Morgan fingerprint density at radius 2 is 1.63 bits per heavy atom. The van der Waals surface area contributed by atoms with Crippen LogP contribution in [0.2, 0.25) is 0 Å². The van der Waals surface area contributed by atoms with Crippen molar-refractivity contribution in [2.75, 3.05) is 4.90 Å². The van der Waals surface area contributed by atoms with E-state index < -0.39 is 0 Å². The second-order valence-electron chi connectivity index (χ2n) is 8.19. The fraction of sp³-hybridized carbons (Fsp3) is 0.409. The van der Waals surface area contributed by atoms with Gasteiger partial charge < -0.3 is 0 Å². The van der Waals surface area contributed by atoms with E-state index in [2.05, 4.69) is 18.8 Å². The quantitative estimate of drug-likeness (QED) is 0.567. The third-order valence-electron chi connectivity index (χ3n) is 6.46. The van der Waals surface area contributed by atoms with Gasteiger partial charge in [0, 0.05) is 10.9 Å². The normalized spacial score (nSPS) is 29.0. The maximum atomic E-state index is 13.2. The Morgan fingerprint density at radius 1 is 1.04 bits per heavy atom. The highest BCUT2D eigenvalue weighted by Crippen LogP contribution is 2.60. The number of hydrogen-bond acceptors (Lipinski definition) is 4. The van der Waals surface area contributed by atoms with Crippen LogP contribution in [0.25, 0.3) is 11.3 Å². The molecule has 1 saturated heterocycles. The Morgan fingerprint density at radius 3 is 2.19 bits per heavy atom. The van der Waals surface area contributed by atoms with Gasteiger partial charge in [-0.1, -0.05) is 41.0 Å². The number of hydrogen-bond donors (Lipinski definition) is 0. The van der Waals surface area contributed by atoms with Gasteiger partial charge in [-0.25, -0.2) is 9.88 Å². The standard InChI is InChI=1S/C22H22N2O2S/c1-11(2)17-14-8-9-15(17)19-18(14)20(25)24(21(19)26)22-23-16(10-27-22)13-6-4-12(3)5-7-13/h4-7,10,14-15,18-19H,8-9H2,1-3H3/t14-,15-,18-,19+/m1/s1. The van der Waals surface area contributed by atoms with Crippen molar-refractivity contribution in [3.8, 4) is 11.3 Å². The van der Waals surface area contributed by atoms with E-state index in [-0.39, 0.29) is 35.5 Å². The first-order valence-electron chi connectivity index (χ1n) is 9.55. The van der Waals surface area contributed by atoms with Crippen molar-refractivity contribution in [1.82, 2.24) is 4.98 Å². The van der Waals surface area contributed by atoms with Gasteiger partial charge in [0.15, 0.2) is 5.13 Å². The zero-order valence-corrected chi connectivity index (χ0v) is 16.5. The van der Waals surface area contributed by atoms with Crippen molar-refractivity contribution in [2.45, 2.75) is 33.6 Å². The molecule has 1 aliphatic heterocycles. The fourth-order valence-electron chi connectivity index (χ4n) is 5.40. The SMILES string of the molecule is CC(C)=C1[C@H]2CC[C@H]1[C@H]1C(=O)N(c3nc(-c4ccc(C)cc4)cs3)C(=O)[C@H]12. The molecule has 1 aromatic heterocycles. The van der Waals surface area contributed by atoms with E-state index in [9.17, 15) is 9.59 Å². The molecule has 2 aromatic rings. The molecular weight excluding hydrogens is 356 g/mol. The summed E-state index contributed by atoms with van der Waals surface area (Å²) in [6.45, 7) is 6.28. The molecular formula is C22H22N2O2S. The molecule has 3 fully saturated rings. The summed E-state index contributed by atoms with van der Waals surface area (Å²) in [7, 11) is 0. The van der Waals surface area contributed by atoms with Crippen LogP contribution < -0.4 is 4.90 Å².